The standard InChI is InChI=1S/C14H16F2O/c15-10-3-4-11(13(16)7-10)14(17)12-6-8-1-2-9(12)5-8/h3-4,7-9,12,14,17H,1-2,5-6H2. The molecule has 17 heavy (non-hydrogen) atoms. The first-order valence-corrected chi connectivity index (χ1v) is 6.28. The Labute approximate surface area is 99.5 Å². The average molecular weight is 238 g/mol. The van der Waals surface area contributed by atoms with Gasteiger partial charge >= 0.3 is 0 Å². The highest BCUT2D eigenvalue weighted by Crippen LogP contribution is 2.52. The summed E-state index contributed by atoms with van der Waals surface area (Å²) in [5.41, 5.74) is 0.254. The van der Waals surface area contributed by atoms with E-state index >= 15 is 0 Å². The molecule has 0 saturated heterocycles. The minimum Gasteiger partial charge on any atom is -0.388 e. The molecule has 4 atom stereocenters. The van der Waals surface area contributed by atoms with Gasteiger partial charge in [0.2, 0.25) is 0 Å². The fraction of sp³-hybridized carbons (Fsp3) is 0.571. The molecule has 0 aliphatic heterocycles. The third kappa shape index (κ3) is 1.86. The summed E-state index contributed by atoms with van der Waals surface area (Å²) in [6.45, 7) is 0. The molecular weight excluding hydrogens is 222 g/mol. The van der Waals surface area contributed by atoms with Crippen molar-refractivity contribution in [1.82, 2.24) is 0 Å². The largest absolute Gasteiger partial charge is 0.388 e. The van der Waals surface area contributed by atoms with Crippen LogP contribution in [-0.4, -0.2) is 5.11 Å². The summed E-state index contributed by atoms with van der Waals surface area (Å²) >= 11 is 0. The predicted octanol–water partition coefficient (Wildman–Crippen LogP) is 3.43. The molecule has 3 heteroatoms. The molecule has 2 saturated carbocycles. The number of aliphatic hydroxyl groups is 1. The van der Waals surface area contributed by atoms with E-state index < -0.39 is 17.7 Å². The summed E-state index contributed by atoms with van der Waals surface area (Å²) in [7, 11) is 0. The number of halogens is 2. The van der Waals surface area contributed by atoms with Crippen molar-refractivity contribution < 1.29 is 13.9 Å². The summed E-state index contributed by atoms with van der Waals surface area (Å²) in [4.78, 5) is 0. The van der Waals surface area contributed by atoms with Crippen molar-refractivity contribution in [3.8, 4) is 0 Å². The molecule has 3 rings (SSSR count). The Bertz CT molecular complexity index is 432. The summed E-state index contributed by atoms with van der Waals surface area (Å²) in [5, 5.41) is 10.3. The quantitative estimate of drug-likeness (QED) is 0.836. The van der Waals surface area contributed by atoms with Gasteiger partial charge in [-0.15, -0.1) is 0 Å². The second-order valence-corrected chi connectivity index (χ2v) is 5.45. The first-order chi connectivity index (χ1) is 8.15. The SMILES string of the molecule is OC(c1ccc(F)cc1F)C1CC2CCC1C2. The van der Waals surface area contributed by atoms with Crippen LogP contribution in [0.15, 0.2) is 18.2 Å². The molecule has 2 fully saturated rings. The smallest absolute Gasteiger partial charge is 0.131 e. The molecule has 4 unspecified atom stereocenters. The second-order valence-electron chi connectivity index (χ2n) is 5.45. The average Bonchev–Trinajstić information content (AvgIpc) is 2.89. The molecule has 0 spiro atoms. The van der Waals surface area contributed by atoms with E-state index in [4.69, 9.17) is 0 Å². The van der Waals surface area contributed by atoms with Crippen molar-refractivity contribution in [2.24, 2.45) is 17.8 Å². The summed E-state index contributed by atoms with van der Waals surface area (Å²) in [6, 6.07) is 3.45. The minimum absolute atomic E-state index is 0.161. The van der Waals surface area contributed by atoms with Crippen LogP contribution in [0.4, 0.5) is 8.78 Å². The fourth-order valence-corrected chi connectivity index (χ4v) is 3.65. The van der Waals surface area contributed by atoms with Gasteiger partial charge in [0.1, 0.15) is 11.6 Å². The van der Waals surface area contributed by atoms with E-state index in [0.29, 0.717) is 11.8 Å². The van der Waals surface area contributed by atoms with Crippen LogP contribution < -0.4 is 0 Å². The zero-order valence-electron chi connectivity index (χ0n) is 9.57. The van der Waals surface area contributed by atoms with Crippen molar-refractivity contribution in [3.63, 3.8) is 0 Å². The first kappa shape index (κ1) is 11.1. The van der Waals surface area contributed by atoms with Gasteiger partial charge in [-0.2, -0.15) is 0 Å². The Morgan fingerprint density at radius 2 is 2.00 bits per heavy atom. The number of hydrogen-bond donors (Lipinski definition) is 1. The van der Waals surface area contributed by atoms with E-state index in [-0.39, 0.29) is 11.5 Å². The van der Waals surface area contributed by atoms with E-state index in [1.165, 1.54) is 25.0 Å². The molecule has 2 aliphatic carbocycles. The van der Waals surface area contributed by atoms with Gasteiger partial charge in [-0.05, 0) is 43.1 Å². The van der Waals surface area contributed by atoms with Gasteiger partial charge < -0.3 is 5.11 Å². The number of hydrogen-bond acceptors (Lipinski definition) is 1. The van der Waals surface area contributed by atoms with Crippen molar-refractivity contribution in [1.29, 1.82) is 0 Å². The highest BCUT2D eigenvalue weighted by molar-refractivity contribution is 5.22. The number of benzene rings is 1. The molecule has 1 nitrogen and oxygen atoms in total. The lowest BCUT2D eigenvalue weighted by Crippen LogP contribution is -2.20. The molecule has 2 aliphatic rings. The van der Waals surface area contributed by atoms with Gasteiger partial charge in [0.15, 0.2) is 0 Å². The Balaban J connectivity index is 1.84. The van der Waals surface area contributed by atoms with Gasteiger partial charge in [0.25, 0.3) is 0 Å². The van der Waals surface area contributed by atoms with Gasteiger partial charge in [-0.3, -0.25) is 0 Å². The number of aliphatic hydroxyl groups excluding tert-OH is 1. The fourth-order valence-electron chi connectivity index (χ4n) is 3.65. The molecule has 1 aromatic carbocycles. The normalized spacial score (nSPS) is 33.0. The highest BCUT2D eigenvalue weighted by atomic mass is 19.1. The molecule has 0 radical (unpaired) electrons. The molecule has 0 heterocycles. The zero-order chi connectivity index (χ0) is 12.0. The number of fused-ring (bicyclic) bond motifs is 2. The van der Waals surface area contributed by atoms with Gasteiger partial charge in [-0.1, -0.05) is 12.5 Å². The monoisotopic (exact) mass is 238 g/mol. The minimum atomic E-state index is -0.772. The van der Waals surface area contributed by atoms with Crippen molar-refractivity contribution >= 4 is 0 Å². The highest BCUT2D eigenvalue weighted by Gasteiger charge is 2.43. The Kier molecular flexibility index (Phi) is 2.66. The lowest BCUT2D eigenvalue weighted by atomic mass is 9.82. The molecule has 92 valence electrons. The summed E-state index contributed by atoms with van der Waals surface area (Å²) in [6.07, 6.45) is 3.79. The van der Waals surface area contributed by atoms with Crippen molar-refractivity contribution in [2.45, 2.75) is 31.8 Å². The lowest BCUT2D eigenvalue weighted by molar-refractivity contribution is 0.0714. The molecule has 1 aromatic rings. The summed E-state index contributed by atoms with van der Waals surface area (Å²) < 4.78 is 26.4. The molecule has 0 amide bonds. The maximum absolute atomic E-state index is 13.6. The summed E-state index contributed by atoms with van der Waals surface area (Å²) in [5.74, 6) is 0.183. The topological polar surface area (TPSA) is 20.2 Å². The van der Waals surface area contributed by atoms with Crippen LogP contribution in [0.5, 0.6) is 0 Å². The van der Waals surface area contributed by atoms with Crippen LogP contribution in [0.1, 0.15) is 37.4 Å². The zero-order valence-corrected chi connectivity index (χ0v) is 9.57. The third-order valence-electron chi connectivity index (χ3n) is 4.48. The van der Waals surface area contributed by atoms with Crippen LogP contribution >= 0.6 is 0 Å². The van der Waals surface area contributed by atoms with E-state index in [1.54, 1.807) is 0 Å². The van der Waals surface area contributed by atoms with Crippen LogP contribution in [0, 0.1) is 29.4 Å². The van der Waals surface area contributed by atoms with E-state index in [2.05, 4.69) is 0 Å². The van der Waals surface area contributed by atoms with Gasteiger partial charge in [0.05, 0.1) is 6.10 Å². The maximum Gasteiger partial charge on any atom is 0.131 e. The Hall–Kier alpha value is -0.960. The molecule has 1 N–H and O–H groups in total. The van der Waals surface area contributed by atoms with Gasteiger partial charge in [0, 0.05) is 11.6 Å². The van der Waals surface area contributed by atoms with Gasteiger partial charge in [-0.25, -0.2) is 8.78 Å². The Morgan fingerprint density at radius 1 is 1.18 bits per heavy atom. The maximum atomic E-state index is 13.6. The van der Waals surface area contributed by atoms with Crippen LogP contribution in [0.2, 0.25) is 0 Å². The molecular formula is C14H16F2O. The van der Waals surface area contributed by atoms with E-state index in [1.807, 2.05) is 0 Å². The number of rotatable bonds is 2. The van der Waals surface area contributed by atoms with Crippen LogP contribution in [0.25, 0.3) is 0 Å². The van der Waals surface area contributed by atoms with Crippen LogP contribution in [-0.2, 0) is 0 Å². The second kappa shape index (κ2) is 4.05. The first-order valence-electron chi connectivity index (χ1n) is 6.28. The lowest BCUT2D eigenvalue weighted by Gasteiger charge is -2.27. The van der Waals surface area contributed by atoms with Crippen molar-refractivity contribution in [3.05, 3.63) is 35.4 Å². The van der Waals surface area contributed by atoms with Crippen molar-refractivity contribution in [2.75, 3.05) is 0 Å². The predicted molar refractivity (Wildman–Crippen MR) is 60.3 cm³/mol. The third-order valence-corrected chi connectivity index (χ3v) is 4.48. The Morgan fingerprint density at radius 3 is 2.59 bits per heavy atom. The molecule has 2 bridgehead atoms. The van der Waals surface area contributed by atoms with E-state index in [0.717, 1.165) is 18.9 Å². The van der Waals surface area contributed by atoms with Crippen LogP contribution in [0.3, 0.4) is 0 Å². The molecule has 0 aromatic heterocycles. The van der Waals surface area contributed by atoms with E-state index in [9.17, 15) is 13.9 Å².